The van der Waals surface area contributed by atoms with Crippen LogP contribution in [0.1, 0.15) is 70.8 Å². The Morgan fingerprint density at radius 2 is 1.76 bits per heavy atom. The summed E-state index contributed by atoms with van der Waals surface area (Å²) in [7, 11) is 0. The van der Waals surface area contributed by atoms with Gasteiger partial charge in [0.05, 0.1) is 6.42 Å². The summed E-state index contributed by atoms with van der Waals surface area (Å²) in [6.07, 6.45) is 8.78. The fourth-order valence-electron chi connectivity index (χ4n) is 2.39. The predicted molar refractivity (Wildman–Crippen MR) is 118 cm³/mol. The maximum atomic E-state index is 12.3. The lowest BCUT2D eigenvalue weighted by Gasteiger charge is -2.11. The maximum absolute atomic E-state index is 12.3. The van der Waals surface area contributed by atoms with Crippen LogP contribution in [-0.4, -0.2) is 11.7 Å². The van der Waals surface area contributed by atoms with Crippen molar-refractivity contribution in [3.63, 3.8) is 0 Å². The van der Waals surface area contributed by atoms with E-state index in [0.717, 1.165) is 24.2 Å². The molecule has 0 aliphatic rings. The van der Waals surface area contributed by atoms with Gasteiger partial charge in [-0.25, -0.2) is 0 Å². The molecule has 0 spiro atoms. The monoisotopic (exact) mass is 474 g/mol. The second kappa shape index (κ2) is 14.7. The Labute approximate surface area is 171 Å². The van der Waals surface area contributed by atoms with Gasteiger partial charge in [-0.1, -0.05) is 69.9 Å². The summed E-state index contributed by atoms with van der Waals surface area (Å²) in [5, 5.41) is 0. The number of rotatable bonds is 13. The summed E-state index contributed by atoms with van der Waals surface area (Å²) < 4.78 is 6.77. The Hall–Kier alpha value is -0.490. The van der Waals surface area contributed by atoms with Crippen LogP contribution in [0, 0.1) is 0 Å². The molecule has 0 heterocycles. The highest BCUT2D eigenvalue weighted by Crippen LogP contribution is 2.32. The molecular weight excluding hydrogens is 443 g/mol. The molecule has 0 saturated carbocycles. The number of halogens is 1. The van der Waals surface area contributed by atoms with E-state index in [1.54, 1.807) is 0 Å². The molecule has 1 aromatic carbocycles. The molecule has 0 aromatic heterocycles. The van der Waals surface area contributed by atoms with E-state index < -0.39 is 0 Å². The van der Waals surface area contributed by atoms with Crippen LogP contribution in [-0.2, 0) is 16.1 Å². The topological polar surface area (TPSA) is 26.3 Å². The number of benzene rings is 1. The highest BCUT2D eigenvalue weighted by atomic mass is 127. The second-order valence-electron chi connectivity index (χ2n) is 6.21. The largest absolute Gasteiger partial charge is 0.461 e. The molecule has 0 N–H and O–H groups in total. The van der Waals surface area contributed by atoms with E-state index in [1.165, 1.54) is 40.6 Å². The van der Waals surface area contributed by atoms with Gasteiger partial charge >= 0.3 is 5.97 Å². The lowest BCUT2D eigenvalue weighted by molar-refractivity contribution is -0.144. The number of unbranched alkanes of at least 4 members (excludes halogenated alkanes) is 4. The van der Waals surface area contributed by atoms with Gasteiger partial charge in [0.2, 0.25) is 0 Å². The van der Waals surface area contributed by atoms with Crippen molar-refractivity contribution in [2.24, 2.45) is 0 Å². The summed E-state index contributed by atoms with van der Waals surface area (Å²) in [4.78, 5) is 12.3. The van der Waals surface area contributed by atoms with Gasteiger partial charge in [0.25, 0.3) is 0 Å². The molecule has 0 amide bonds. The predicted octanol–water partition coefficient (Wildman–Crippen LogP) is 7.27. The summed E-state index contributed by atoms with van der Waals surface area (Å²) in [6.45, 7) is 4.80. The standard InChI is InChI=1S/C21H31IO2S/c1-3-5-7-11-14-19(21(22)25-15-6-4-2)16-20(23)24-17-18-12-9-8-10-13-18/h8-10,12-13H,3-7,11,14-17H2,1-2H3/b21-19+. The molecule has 1 rings (SSSR count). The number of carbonyl (C=O) groups is 1. The fourth-order valence-corrected chi connectivity index (χ4v) is 4.50. The van der Waals surface area contributed by atoms with E-state index in [2.05, 4.69) is 36.4 Å². The minimum Gasteiger partial charge on any atom is -0.461 e. The van der Waals surface area contributed by atoms with Crippen molar-refractivity contribution in [1.29, 1.82) is 0 Å². The van der Waals surface area contributed by atoms with Gasteiger partial charge in [-0.05, 0) is 58.7 Å². The van der Waals surface area contributed by atoms with E-state index in [-0.39, 0.29) is 5.97 Å². The number of thioether (sulfide) groups is 1. The molecule has 0 radical (unpaired) electrons. The van der Waals surface area contributed by atoms with Crippen molar-refractivity contribution >= 4 is 40.3 Å². The Morgan fingerprint density at radius 1 is 1.04 bits per heavy atom. The van der Waals surface area contributed by atoms with Crippen LogP contribution >= 0.6 is 34.4 Å². The van der Waals surface area contributed by atoms with Crippen molar-refractivity contribution in [1.82, 2.24) is 0 Å². The Morgan fingerprint density at radius 3 is 2.44 bits per heavy atom. The Balaban J connectivity index is 2.54. The SMILES string of the molecule is CCCCCC/C(CC(=O)OCc1ccccc1)=C(/I)SCCCC. The zero-order chi connectivity index (χ0) is 18.3. The van der Waals surface area contributed by atoms with Crippen LogP contribution in [0.3, 0.4) is 0 Å². The molecule has 0 saturated heterocycles. The third-order valence-electron chi connectivity index (χ3n) is 3.94. The number of ether oxygens (including phenoxy) is 1. The molecule has 0 aliphatic carbocycles. The van der Waals surface area contributed by atoms with Gasteiger partial charge in [0.1, 0.15) is 6.61 Å². The highest BCUT2D eigenvalue weighted by molar-refractivity contribution is 14.1. The molecule has 0 atom stereocenters. The average Bonchev–Trinajstić information content (AvgIpc) is 2.63. The summed E-state index contributed by atoms with van der Waals surface area (Å²) >= 11 is 4.30. The zero-order valence-electron chi connectivity index (χ0n) is 15.6. The molecule has 2 nitrogen and oxygen atoms in total. The van der Waals surface area contributed by atoms with Crippen molar-refractivity contribution in [2.45, 2.75) is 71.8 Å². The minimum absolute atomic E-state index is 0.111. The van der Waals surface area contributed by atoms with Crippen molar-refractivity contribution < 1.29 is 9.53 Å². The molecule has 0 fully saturated rings. The van der Waals surface area contributed by atoms with Gasteiger partial charge in [-0.3, -0.25) is 4.79 Å². The van der Waals surface area contributed by atoms with Crippen LogP contribution in [0.5, 0.6) is 0 Å². The lowest BCUT2D eigenvalue weighted by atomic mass is 10.1. The van der Waals surface area contributed by atoms with Crippen molar-refractivity contribution in [3.8, 4) is 0 Å². The summed E-state index contributed by atoms with van der Waals surface area (Å²) in [5.74, 6) is 1.02. The third kappa shape index (κ3) is 11.0. The molecule has 1 aromatic rings. The van der Waals surface area contributed by atoms with Gasteiger partial charge in [-0.15, -0.1) is 11.8 Å². The number of hydrogen-bond acceptors (Lipinski definition) is 3. The van der Waals surface area contributed by atoms with E-state index in [0.29, 0.717) is 13.0 Å². The van der Waals surface area contributed by atoms with Crippen LogP contribution in [0.2, 0.25) is 0 Å². The van der Waals surface area contributed by atoms with Crippen LogP contribution in [0.15, 0.2) is 38.8 Å². The Bertz CT molecular complexity index is 514. The first-order chi connectivity index (χ1) is 12.2. The third-order valence-corrected chi connectivity index (χ3v) is 6.67. The van der Waals surface area contributed by atoms with E-state index in [9.17, 15) is 4.79 Å². The van der Waals surface area contributed by atoms with Crippen LogP contribution in [0.25, 0.3) is 0 Å². The first kappa shape index (κ1) is 22.6. The molecular formula is C21H31IO2S. The molecule has 140 valence electrons. The quantitative estimate of drug-likeness (QED) is 0.171. The molecule has 0 aliphatic heterocycles. The second-order valence-corrected chi connectivity index (χ2v) is 9.13. The van der Waals surface area contributed by atoms with Gasteiger partial charge < -0.3 is 4.74 Å². The maximum Gasteiger partial charge on any atom is 0.310 e. The molecule has 4 heteroatoms. The van der Waals surface area contributed by atoms with E-state index >= 15 is 0 Å². The van der Waals surface area contributed by atoms with Gasteiger partial charge in [0.15, 0.2) is 0 Å². The van der Waals surface area contributed by atoms with Gasteiger partial charge in [0, 0.05) is 2.91 Å². The fraction of sp³-hybridized carbons (Fsp3) is 0.571. The van der Waals surface area contributed by atoms with Crippen molar-refractivity contribution in [3.05, 3.63) is 44.4 Å². The number of carbonyl (C=O) groups excluding carboxylic acids is 1. The zero-order valence-corrected chi connectivity index (χ0v) is 18.5. The minimum atomic E-state index is -0.111. The normalized spacial score (nSPS) is 12.0. The summed E-state index contributed by atoms with van der Waals surface area (Å²) in [5.41, 5.74) is 2.30. The number of esters is 1. The Kier molecular flexibility index (Phi) is 13.2. The van der Waals surface area contributed by atoms with Crippen LogP contribution in [0.4, 0.5) is 0 Å². The van der Waals surface area contributed by atoms with E-state index in [1.807, 2.05) is 42.1 Å². The highest BCUT2D eigenvalue weighted by Gasteiger charge is 2.12. The molecule has 25 heavy (non-hydrogen) atoms. The molecule has 0 unspecified atom stereocenters. The smallest absolute Gasteiger partial charge is 0.310 e. The first-order valence-corrected chi connectivity index (χ1v) is 11.4. The van der Waals surface area contributed by atoms with E-state index in [4.69, 9.17) is 4.74 Å². The van der Waals surface area contributed by atoms with Crippen LogP contribution < -0.4 is 0 Å². The number of hydrogen-bond donors (Lipinski definition) is 0. The van der Waals surface area contributed by atoms with Gasteiger partial charge in [-0.2, -0.15) is 0 Å². The average molecular weight is 474 g/mol. The summed E-state index contributed by atoms with van der Waals surface area (Å²) in [6, 6.07) is 9.88. The lowest BCUT2D eigenvalue weighted by Crippen LogP contribution is -2.06. The molecule has 0 bridgehead atoms. The first-order valence-electron chi connectivity index (χ1n) is 9.37. The van der Waals surface area contributed by atoms with Crippen molar-refractivity contribution in [2.75, 3.05) is 5.75 Å².